The summed E-state index contributed by atoms with van der Waals surface area (Å²) in [4.78, 5) is 16.1. The van der Waals surface area contributed by atoms with Gasteiger partial charge in [0.2, 0.25) is 0 Å². The molecule has 1 aliphatic carbocycles. The molecule has 0 atom stereocenters. The Bertz CT molecular complexity index is 928. The predicted molar refractivity (Wildman–Crippen MR) is 118 cm³/mol. The predicted octanol–water partition coefficient (Wildman–Crippen LogP) is 4.97. The minimum atomic E-state index is -0.453. The number of hydrogen-bond donors (Lipinski definition) is 0. The number of amides is 1. The maximum absolute atomic E-state index is 14.6. The molecule has 1 aromatic carbocycles. The topological polar surface area (TPSA) is 68.0 Å². The Morgan fingerprint density at radius 2 is 2.03 bits per heavy atom. The second-order valence-corrected chi connectivity index (χ2v) is 9.24. The molecule has 174 valence electrons. The van der Waals surface area contributed by atoms with Gasteiger partial charge in [-0.3, -0.25) is 4.90 Å². The van der Waals surface area contributed by atoms with Crippen molar-refractivity contribution < 1.29 is 23.2 Å². The maximum atomic E-state index is 14.6. The van der Waals surface area contributed by atoms with Gasteiger partial charge in [-0.15, -0.1) is 0 Å². The molecule has 0 radical (unpaired) electrons. The lowest BCUT2D eigenvalue weighted by molar-refractivity contribution is 0.0481. The number of carbonyl (C=O) groups is 1. The third-order valence-electron chi connectivity index (χ3n) is 6.19. The van der Waals surface area contributed by atoms with Crippen molar-refractivity contribution in [3.8, 4) is 11.5 Å². The van der Waals surface area contributed by atoms with Crippen molar-refractivity contribution in [2.45, 2.75) is 52.2 Å². The molecule has 1 amide bonds. The van der Waals surface area contributed by atoms with E-state index < -0.39 is 6.09 Å². The van der Waals surface area contributed by atoms with Crippen molar-refractivity contribution in [1.82, 2.24) is 15.0 Å². The molecule has 2 aromatic rings. The van der Waals surface area contributed by atoms with E-state index in [4.69, 9.17) is 25.6 Å². The van der Waals surface area contributed by atoms with Gasteiger partial charge in [0.25, 0.3) is 0 Å². The van der Waals surface area contributed by atoms with Crippen LogP contribution in [0.5, 0.6) is 11.5 Å². The van der Waals surface area contributed by atoms with Crippen LogP contribution in [0.4, 0.5) is 9.18 Å². The van der Waals surface area contributed by atoms with E-state index in [1.165, 1.54) is 11.0 Å². The van der Waals surface area contributed by atoms with Crippen LogP contribution in [0.3, 0.4) is 0 Å². The van der Waals surface area contributed by atoms with Crippen molar-refractivity contribution in [3.05, 3.63) is 40.0 Å². The van der Waals surface area contributed by atoms with E-state index in [-0.39, 0.29) is 17.8 Å². The fourth-order valence-corrected chi connectivity index (χ4v) is 4.58. The number of aromatic nitrogens is 1. The third-order valence-corrected chi connectivity index (χ3v) is 6.53. The molecule has 2 fully saturated rings. The molecule has 32 heavy (non-hydrogen) atoms. The summed E-state index contributed by atoms with van der Waals surface area (Å²) in [5.41, 5.74) is 1.07. The molecule has 1 saturated heterocycles. The van der Waals surface area contributed by atoms with Crippen LogP contribution in [-0.2, 0) is 6.54 Å². The Morgan fingerprint density at radius 3 is 2.66 bits per heavy atom. The smallest absolute Gasteiger partial charge is 0.415 e. The number of carbonyl (C=O) groups excluding carboxylic acids is 1. The van der Waals surface area contributed by atoms with Crippen LogP contribution in [0.2, 0.25) is 5.02 Å². The first-order chi connectivity index (χ1) is 15.3. The number of benzene rings is 1. The Morgan fingerprint density at radius 1 is 1.31 bits per heavy atom. The van der Waals surface area contributed by atoms with Crippen LogP contribution in [0, 0.1) is 25.6 Å². The minimum absolute atomic E-state index is 0.0214. The highest BCUT2D eigenvalue weighted by molar-refractivity contribution is 6.31. The van der Waals surface area contributed by atoms with Crippen LogP contribution in [-0.4, -0.2) is 53.8 Å². The van der Waals surface area contributed by atoms with Gasteiger partial charge in [-0.2, -0.15) is 0 Å². The van der Waals surface area contributed by atoms with Crippen molar-refractivity contribution in [1.29, 1.82) is 0 Å². The fourth-order valence-electron chi connectivity index (χ4n) is 4.32. The molecule has 1 aromatic heterocycles. The number of hydrogen-bond acceptors (Lipinski definition) is 6. The molecule has 2 heterocycles. The minimum Gasteiger partial charge on any atom is -0.490 e. The van der Waals surface area contributed by atoms with Gasteiger partial charge in [0.05, 0.1) is 11.1 Å². The highest BCUT2D eigenvalue weighted by atomic mass is 35.5. The van der Waals surface area contributed by atoms with Crippen LogP contribution in [0.15, 0.2) is 16.7 Å². The zero-order valence-electron chi connectivity index (χ0n) is 18.7. The van der Waals surface area contributed by atoms with E-state index in [1.54, 1.807) is 27.0 Å². The van der Waals surface area contributed by atoms with Crippen LogP contribution >= 0.6 is 11.6 Å². The van der Waals surface area contributed by atoms with Crippen molar-refractivity contribution in [3.63, 3.8) is 0 Å². The zero-order valence-corrected chi connectivity index (χ0v) is 19.5. The summed E-state index contributed by atoms with van der Waals surface area (Å²) in [5.74, 6) is 1.25. The monoisotopic (exact) mass is 465 g/mol. The van der Waals surface area contributed by atoms with Gasteiger partial charge in [-0.05, 0) is 57.7 Å². The van der Waals surface area contributed by atoms with Gasteiger partial charge in [-0.1, -0.05) is 16.8 Å². The Balaban J connectivity index is 1.24. The average molecular weight is 466 g/mol. The average Bonchev–Trinajstić information content (AvgIpc) is 3.34. The molecular weight excluding hydrogens is 437 g/mol. The molecule has 7 nitrogen and oxygen atoms in total. The highest BCUT2D eigenvalue weighted by Crippen LogP contribution is 2.35. The molecule has 4 rings (SSSR count). The molecule has 0 unspecified atom stereocenters. The summed E-state index contributed by atoms with van der Waals surface area (Å²) in [5, 5.41) is 4.19. The van der Waals surface area contributed by atoms with Gasteiger partial charge < -0.3 is 18.9 Å². The second-order valence-electron chi connectivity index (χ2n) is 8.83. The molecular formula is C23H29ClFN3O4. The maximum Gasteiger partial charge on any atom is 0.415 e. The Kier molecular flexibility index (Phi) is 6.90. The number of nitrogens with zero attached hydrogens (tertiary/aromatic N) is 3. The summed E-state index contributed by atoms with van der Waals surface area (Å²) in [7, 11) is 1.70. The van der Waals surface area contributed by atoms with Crippen molar-refractivity contribution in [2.24, 2.45) is 5.92 Å². The quantitative estimate of drug-likeness (QED) is 0.575. The molecule has 2 aliphatic rings. The second kappa shape index (κ2) is 9.67. The van der Waals surface area contributed by atoms with Crippen molar-refractivity contribution >= 4 is 17.7 Å². The first-order valence-electron chi connectivity index (χ1n) is 11.0. The Hall–Kier alpha value is -2.32. The lowest BCUT2D eigenvalue weighted by Crippen LogP contribution is -2.42. The number of halogens is 2. The van der Waals surface area contributed by atoms with E-state index in [9.17, 15) is 9.18 Å². The summed E-state index contributed by atoms with van der Waals surface area (Å²) in [6.45, 7) is 6.47. The summed E-state index contributed by atoms with van der Waals surface area (Å²) in [6, 6.07) is 3.13. The standard InChI is InChI=1S/C23H29ClFN3O4/c1-14-22(15(2)32-26-14)31-23(29)27(3)12-16-8-17(9-16)30-18-10-20(24)19(21(25)11-18)13-28-6-4-5-7-28/h10-11,16-17H,4-9,12-13H2,1-3H3. The molecule has 0 bridgehead atoms. The normalized spacial score (nSPS) is 20.8. The van der Waals surface area contributed by atoms with Crippen LogP contribution in [0.25, 0.3) is 0 Å². The number of likely N-dealkylation sites (tertiary alicyclic amines) is 1. The van der Waals surface area contributed by atoms with E-state index in [1.807, 2.05) is 0 Å². The first kappa shape index (κ1) is 22.9. The lowest BCUT2D eigenvalue weighted by atomic mass is 9.82. The van der Waals surface area contributed by atoms with Crippen molar-refractivity contribution in [2.75, 3.05) is 26.7 Å². The van der Waals surface area contributed by atoms with E-state index >= 15 is 0 Å². The number of rotatable bonds is 7. The van der Waals surface area contributed by atoms with Gasteiger partial charge in [0, 0.05) is 38.7 Å². The lowest BCUT2D eigenvalue weighted by Gasteiger charge is -2.37. The number of aryl methyl sites for hydroxylation is 2. The van der Waals surface area contributed by atoms with Gasteiger partial charge in [0.1, 0.15) is 17.3 Å². The number of ether oxygens (including phenoxy) is 2. The Labute approximate surface area is 192 Å². The van der Waals surface area contributed by atoms with Gasteiger partial charge in [-0.25, -0.2) is 9.18 Å². The van der Waals surface area contributed by atoms with Gasteiger partial charge in [0.15, 0.2) is 11.5 Å². The van der Waals surface area contributed by atoms with Gasteiger partial charge >= 0.3 is 6.09 Å². The van der Waals surface area contributed by atoms with E-state index in [2.05, 4.69) is 10.1 Å². The van der Waals surface area contributed by atoms with E-state index in [0.29, 0.717) is 46.6 Å². The summed E-state index contributed by atoms with van der Waals surface area (Å²) in [6.07, 6.45) is 3.37. The fraction of sp³-hybridized carbons (Fsp3) is 0.565. The summed E-state index contributed by atoms with van der Waals surface area (Å²) < 4.78 is 31.0. The molecule has 1 aliphatic heterocycles. The van der Waals surface area contributed by atoms with E-state index in [0.717, 1.165) is 38.8 Å². The van der Waals surface area contributed by atoms with Crippen LogP contribution in [0.1, 0.15) is 42.7 Å². The molecule has 9 heteroatoms. The van der Waals surface area contributed by atoms with Crippen LogP contribution < -0.4 is 9.47 Å². The summed E-state index contributed by atoms with van der Waals surface area (Å²) >= 11 is 6.35. The molecule has 0 N–H and O–H groups in total. The SMILES string of the molecule is Cc1noc(C)c1OC(=O)N(C)CC1CC(Oc2cc(F)c(CN3CCCC3)c(Cl)c2)C1. The third kappa shape index (κ3) is 5.18. The molecule has 1 saturated carbocycles. The largest absolute Gasteiger partial charge is 0.490 e. The molecule has 0 spiro atoms. The zero-order chi connectivity index (χ0) is 22.8. The highest BCUT2D eigenvalue weighted by Gasteiger charge is 2.33. The first-order valence-corrected chi connectivity index (χ1v) is 11.4.